The monoisotopic (exact) mass is 316 g/mol. The molecule has 5 heteroatoms. The predicted molar refractivity (Wildman–Crippen MR) is 96.7 cm³/mol. The van der Waals surface area contributed by atoms with E-state index in [0.717, 1.165) is 27.7 Å². The minimum atomic E-state index is -0.169. The van der Waals surface area contributed by atoms with Gasteiger partial charge in [-0.3, -0.25) is 9.89 Å². The lowest BCUT2D eigenvalue weighted by molar-refractivity contribution is 1.05. The number of anilines is 1. The fourth-order valence-corrected chi connectivity index (χ4v) is 3.01. The van der Waals surface area contributed by atoms with Crippen molar-refractivity contribution in [1.82, 2.24) is 15.2 Å². The molecule has 0 unspecified atom stereocenters. The van der Waals surface area contributed by atoms with Gasteiger partial charge < -0.3 is 10.7 Å². The van der Waals surface area contributed by atoms with Crippen molar-refractivity contribution in [2.24, 2.45) is 0 Å². The summed E-state index contributed by atoms with van der Waals surface area (Å²) in [4.78, 5) is 15.7. The molecule has 4 N–H and O–H groups in total. The van der Waals surface area contributed by atoms with Crippen LogP contribution in [0.5, 0.6) is 0 Å². The minimum Gasteiger partial charge on any atom is -0.399 e. The van der Waals surface area contributed by atoms with Gasteiger partial charge in [-0.05, 0) is 36.8 Å². The van der Waals surface area contributed by atoms with Gasteiger partial charge in [0.25, 0.3) is 5.56 Å². The highest BCUT2D eigenvalue weighted by Crippen LogP contribution is 2.35. The summed E-state index contributed by atoms with van der Waals surface area (Å²) in [5.74, 6) is 0. The van der Waals surface area contributed by atoms with Gasteiger partial charge in [-0.2, -0.15) is 5.10 Å². The Kier molecular flexibility index (Phi) is 3.20. The zero-order valence-electron chi connectivity index (χ0n) is 13.1. The molecule has 2 aromatic carbocycles. The zero-order valence-corrected chi connectivity index (χ0v) is 13.1. The molecule has 118 valence electrons. The third-order valence-electron chi connectivity index (χ3n) is 4.06. The normalized spacial score (nSPS) is 11.0. The maximum atomic E-state index is 12.8. The van der Waals surface area contributed by atoms with Gasteiger partial charge >= 0.3 is 0 Å². The number of rotatable bonds is 2. The van der Waals surface area contributed by atoms with Crippen LogP contribution in [-0.4, -0.2) is 15.2 Å². The Morgan fingerprint density at radius 3 is 2.50 bits per heavy atom. The van der Waals surface area contributed by atoms with Gasteiger partial charge in [-0.15, -0.1) is 0 Å². The van der Waals surface area contributed by atoms with Crippen molar-refractivity contribution < 1.29 is 0 Å². The van der Waals surface area contributed by atoms with Crippen molar-refractivity contribution in [2.75, 3.05) is 5.73 Å². The molecule has 4 rings (SSSR count). The molecule has 0 aliphatic rings. The van der Waals surface area contributed by atoms with E-state index in [2.05, 4.69) is 15.2 Å². The van der Waals surface area contributed by atoms with Crippen molar-refractivity contribution in [1.29, 1.82) is 0 Å². The van der Waals surface area contributed by atoms with Crippen LogP contribution in [0.1, 0.15) is 5.69 Å². The lowest BCUT2D eigenvalue weighted by Gasteiger charge is -2.12. The van der Waals surface area contributed by atoms with Crippen LogP contribution >= 0.6 is 0 Å². The number of nitrogen functional groups attached to an aromatic ring is 1. The molecule has 0 bridgehead atoms. The summed E-state index contributed by atoms with van der Waals surface area (Å²) in [5.41, 5.74) is 11.1. The first kappa shape index (κ1) is 14.3. The Balaban J connectivity index is 2.18. The molecule has 2 aromatic heterocycles. The van der Waals surface area contributed by atoms with Crippen LogP contribution in [0.25, 0.3) is 33.3 Å². The van der Waals surface area contributed by atoms with E-state index in [0.29, 0.717) is 16.9 Å². The maximum Gasteiger partial charge on any atom is 0.258 e. The van der Waals surface area contributed by atoms with Crippen LogP contribution in [0, 0.1) is 6.92 Å². The van der Waals surface area contributed by atoms with Crippen LogP contribution in [0.3, 0.4) is 0 Å². The first-order valence-corrected chi connectivity index (χ1v) is 7.67. The van der Waals surface area contributed by atoms with Gasteiger partial charge in [0.15, 0.2) is 0 Å². The molecule has 0 saturated heterocycles. The average Bonchev–Trinajstić information content (AvgIpc) is 3.01. The standard InChI is InChI=1S/C19H16N4O/c1-11-9-16(23-22-11)18-17(12-5-3-2-4-6-12)14-10-13(20)7-8-15(14)21-19(18)24/h2-10H,20H2,1H3,(H,21,24)(H,22,23). The summed E-state index contributed by atoms with van der Waals surface area (Å²) in [6.45, 7) is 1.91. The molecule has 0 aliphatic heterocycles. The summed E-state index contributed by atoms with van der Waals surface area (Å²) < 4.78 is 0. The Morgan fingerprint density at radius 1 is 1.00 bits per heavy atom. The molecule has 0 saturated carbocycles. The number of nitrogens with two attached hydrogens (primary N) is 1. The maximum absolute atomic E-state index is 12.8. The number of aromatic nitrogens is 3. The molecular formula is C19H16N4O. The Morgan fingerprint density at radius 2 is 1.79 bits per heavy atom. The van der Waals surface area contributed by atoms with E-state index >= 15 is 0 Å². The average molecular weight is 316 g/mol. The summed E-state index contributed by atoms with van der Waals surface area (Å²) in [7, 11) is 0. The number of nitrogens with one attached hydrogen (secondary N) is 2. The van der Waals surface area contributed by atoms with E-state index in [1.807, 2.05) is 55.5 Å². The Bertz CT molecular complexity index is 1090. The lowest BCUT2D eigenvalue weighted by Crippen LogP contribution is -2.11. The van der Waals surface area contributed by atoms with E-state index in [1.54, 1.807) is 6.07 Å². The summed E-state index contributed by atoms with van der Waals surface area (Å²) in [5, 5.41) is 8.09. The lowest BCUT2D eigenvalue weighted by atomic mass is 9.94. The number of nitrogens with zero attached hydrogens (tertiary/aromatic N) is 1. The number of pyridine rings is 1. The second-order valence-corrected chi connectivity index (χ2v) is 5.81. The SMILES string of the molecule is Cc1cc(-c2c(-c3ccccc3)c3cc(N)ccc3[nH]c2=O)n[nH]1. The predicted octanol–water partition coefficient (Wildman–Crippen LogP) is 3.48. The quantitative estimate of drug-likeness (QED) is 0.495. The highest BCUT2D eigenvalue weighted by Gasteiger charge is 2.18. The fraction of sp³-hybridized carbons (Fsp3) is 0.0526. The van der Waals surface area contributed by atoms with Crippen LogP contribution in [0.15, 0.2) is 59.4 Å². The molecule has 4 aromatic rings. The van der Waals surface area contributed by atoms with E-state index in [9.17, 15) is 4.79 Å². The molecule has 5 nitrogen and oxygen atoms in total. The molecule has 0 fully saturated rings. The number of H-pyrrole nitrogens is 2. The second-order valence-electron chi connectivity index (χ2n) is 5.81. The van der Waals surface area contributed by atoms with Crippen LogP contribution in [-0.2, 0) is 0 Å². The van der Waals surface area contributed by atoms with Crippen molar-refractivity contribution in [3.8, 4) is 22.4 Å². The fourth-order valence-electron chi connectivity index (χ4n) is 3.01. The first-order chi connectivity index (χ1) is 11.6. The number of hydrogen-bond acceptors (Lipinski definition) is 3. The molecule has 0 atom stereocenters. The van der Waals surface area contributed by atoms with E-state index < -0.39 is 0 Å². The zero-order chi connectivity index (χ0) is 16.7. The highest BCUT2D eigenvalue weighted by atomic mass is 16.1. The number of fused-ring (bicyclic) bond motifs is 1. The van der Waals surface area contributed by atoms with Gasteiger partial charge in [-0.25, -0.2) is 0 Å². The molecular weight excluding hydrogens is 300 g/mol. The number of aromatic amines is 2. The van der Waals surface area contributed by atoms with E-state index in [4.69, 9.17) is 5.73 Å². The molecule has 0 radical (unpaired) electrons. The summed E-state index contributed by atoms with van der Waals surface area (Å²) in [6, 6.07) is 17.2. The molecule has 0 spiro atoms. The Labute approximate surface area is 138 Å². The minimum absolute atomic E-state index is 0.169. The van der Waals surface area contributed by atoms with Crippen LogP contribution < -0.4 is 11.3 Å². The van der Waals surface area contributed by atoms with Gasteiger partial charge in [0.05, 0.1) is 11.3 Å². The number of benzene rings is 2. The van der Waals surface area contributed by atoms with Crippen LogP contribution in [0.2, 0.25) is 0 Å². The second kappa shape index (κ2) is 5.38. The summed E-state index contributed by atoms with van der Waals surface area (Å²) in [6.07, 6.45) is 0. The van der Waals surface area contributed by atoms with Crippen molar-refractivity contribution >= 4 is 16.6 Å². The molecule has 2 heterocycles. The van der Waals surface area contributed by atoms with E-state index in [1.165, 1.54) is 0 Å². The number of hydrogen-bond donors (Lipinski definition) is 3. The van der Waals surface area contributed by atoms with Gasteiger partial charge in [0.1, 0.15) is 0 Å². The topological polar surface area (TPSA) is 87.6 Å². The third kappa shape index (κ3) is 2.27. The third-order valence-corrected chi connectivity index (χ3v) is 4.06. The highest BCUT2D eigenvalue weighted by molar-refractivity contribution is 6.02. The largest absolute Gasteiger partial charge is 0.399 e. The Hall–Kier alpha value is -3.34. The smallest absolute Gasteiger partial charge is 0.258 e. The molecule has 0 aliphatic carbocycles. The molecule has 0 amide bonds. The summed E-state index contributed by atoms with van der Waals surface area (Å²) >= 11 is 0. The van der Waals surface area contributed by atoms with E-state index in [-0.39, 0.29) is 5.56 Å². The first-order valence-electron chi connectivity index (χ1n) is 7.67. The number of aryl methyl sites for hydroxylation is 1. The van der Waals surface area contributed by atoms with Crippen molar-refractivity contribution in [3.05, 3.63) is 70.6 Å². The molecule has 24 heavy (non-hydrogen) atoms. The van der Waals surface area contributed by atoms with Crippen LogP contribution in [0.4, 0.5) is 5.69 Å². The van der Waals surface area contributed by atoms with Crippen molar-refractivity contribution in [2.45, 2.75) is 6.92 Å². The van der Waals surface area contributed by atoms with Crippen molar-refractivity contribution in [3.63, 3.8) is 0 Å². The van der Waals surface area contributed by atoms with Gasteiger partial charge in [0.2, 0.25) is 0 Å². The van der Waals surface area contributed by atoms with Gasteiger partial charge in [-0.1, -0.05) is 30.3 Å². The van der Waals surface area contributed by atoms with Gasteiger partial charge in [0, 0.05) is 27.8 Å².